The minimum absolute atomic E-state index is 0.0854. The van der Waals surface area contributed by atoms with Gasteiger partial charge in [-0.05, 0) is 37.8 Å². The van der Waals surface area contributed by atoms with E-state index in [0.29, 0.717) is 41.6 Å². The van der Waals surface area contributed by atoms with E-state index in [1.807, 2.05) is 4.90 Å². The van der Waals surface area contributed by atoms with Crippen LogP contribution in [-0.4, -0.2) is 30.8 Å². The van der Waals surface area contributed by atoms with Crippen molar-refractivity contribution in [2.45, 2.75) is 45.3 Å². The van der Waals surface area contributed by atoms with Gasteiger partial charge in [-0.15, -0.1) is 0 Å². The summed E-state index contributed by atoms with van der Waals surface area (Å²) >= 11 is 0. The molecule has 0 aliphatic carbocycles. The fourth-order valence-electron chi connectivity index (χ4n) is 4.04. The third-order valence-electron chi connectivity index (χ3n) is 6.07. The predicted molar refractivity (Wildman–Crippen MR) is 113 cm³/mol. The maximum Gasteiger partial charge on any atom is 0.433 e. The fraction of sp³-hybridized carbons (Fsp3) is 0.478. The van der Waals surface area contributed by atoms with E-state index >= 15 is 0 Å². The zero-order valence-electron chi connectivity index (χ0n) is 18.0. The Balaban J connectivity index is 1.52. The smallest absolute Gasteiger partial charge is 0.433 e. The summed E-state index contributed by atoms with van der Waals surface area (Å²) in [5, 5.41) is 2.85. The van der Waals surface area contributed by atoms with Crippen LogP contribution in [0.3, 0.4) is 0 Å². The van der Waals surface area contributed by atoms with Crippen LogP contribution < -0.4 is 19.7 Å². The lowest BCUT2D eigenvalue weighted by Gasteiger charge is -2.33. The molecule has 2 aliphatic rings. The second-order valence-electron chi connectivity index (χ2n) is 8.37. The van der Waals surface area contributed by atoms with Gasteiger partial charge in [-0.3, -0.25) is 4.79 Å². The summed E-state index contributed by atoms with van der Waals surface area (Å²) in [6.07, 6.45) is -2.74. The minimum atomic E-state index is -4.52. The average molecular weight is 449 g/mol. The van der Waals surface area contributed by atoms with Crippen molar-refractivity contribution in [3.8, 4) is 11.5 Å². The first-order valence-corrected chi connectivity index (χ1v) is 10.7. The van der Waals surface area contributed by atoms with Gasteiger partial charge in [0.1, 0.15) is 11.5 Å². The van der Waals surface area contributed by atoms with Crippen LogP contribution in [-0.2, 0) is 17.5 Å². The van der Waals surface area contributed by atoms with Gasteiger partial charge in [-0.25, -0.2) is 4.98 Å². The number of alkyl halides is 3. The number of rotatable bonds is 5. The molecule has 0 saturated carbocycles. The van der Waals surface area contributed by atoms with Crippen LogP contribution in [0.4, 0.5) is 19.0 Å². The number of aromatic nitrogens is 1. The number of halogens is 3. The Labute approximate surface area is 184 Å². The van der Waals surface area contributed by atoms with E-state index < -0.39 is 17.8 Å². The minimum Gasteiger partial charge on any atom is -0.454 e. The lowest BCUT2D eigenvalue weighted by atomic mass is 9.98. The summed E-state index contributed by atoms with van der Waals surface area (Å²) in [4.78, 5) is 18.7. The normalized spacial score (nSPS) is 17.3. The number of fused-ring (bicyclic) bond motifs is 1. The Morgan fingerprint density at radius 1 is 1.22 bits per heavy atom. The molecule has 2 aromatic rings. The number of piperidine rings is 1. The predicted octanol–water partition coefficient (Wildman–Crippen LogP) is 4.49. The number of benzene rings is 1. The van der Waals surface area contributed by atoms with Gasteiger partial charge in [0, 0.05) is 30.8 Å². The summed E-state index contributed by atoms with van der Waals surface area (Å²) in [5.74, 6) is 1.18. The first-order chi connectivity index (χ1) is 15.2. The van der Waals surface area contributed by atoms with Crippen LogP contribution in [0.25, 0.3) is 0 Å². The Bertz CT molecular complexity index is 988. The van der Waals surface area contributed by atoms with Crippen molar-refractivity contribution >= 4 is 11.7 Å². The lowest BCUT2D eigenvalue weighted by molar-refractivity contribution is -0.141. The molecule has 1 saturated heterocycles. The second-order valence-corrected chi connectivity index (χ2v) is 8.37. The van der Waals surface area contributed by atoms with Crippen LogP contribution in [0.1, 0.15) is 49.4 Å². The van der Waals surface area contributed by atoms with Crippen molar-refractivity contribution in [3.63, 3.8) is 0 Å². The number of hydrogen-bond donors (Lipinski definition) is 1. The summed E-state index contributed by atoms with van der Waals surface area (Å²) in [5.41, 5.74) is 0.339. The summed E-state index contributed by atoms with van der Waals surface area (Å²) < 4.78 is 50.7. The van der Waals surface area contributed by atoms with E-state index in [2.05, 4.69) is 17.2 Å². The van der Waals surface area contributed by atoms with Crippen LogP contribution in [0.5, 0.6) is 11.5 Å². The topological polar surface area (TPSA) is 63.7 Å². The SMILES string of the molecule is CC1CCN(c2nc(C(F)(F)F)ccc2CNC(=O)C(C)c2cccc3c2OCO3)CC1. The largest absolute Gasteiger partial charge is 0.454 e. The first-order valence-electron chi connectivity index (χ1n) is 10.7. The molecule has 1 amide bonds. The van der Waals surface area contributed by atoms with Crippen molar-refractivity contribution in [1.29, 1.82) is 0 Å². The molecule has 0 bridgehead atoms. The quantitative estimate of drug-likeness (QED) is 0.729. The van der Waals surface area contributed by atoms with Crippen molar-refractivity contribution in [2.75, 3.05) is 24.8 Å². The number of para-hydroxylation sites is 1. The Kier molecular flexibility index (Phi) is 6.17. The molecule has 9 heteroatoms. The average Bonchev–Trinajstić information content (AvgIpc) is 3.26. The monoisotopic (exact) mass is 449 g/mol. The molecule has 32 heavy (non-hydrogen) atoms. The molecule has 1 N–H and O–H groups in total. The van der Waals surface area contributed by atoms with Gasteiger partial charge in [0.2, 0.25) is 12.7 Å². The van der Waals surface area contributed by atoms with E-state index in [-0.39, 0.29) is 25.1 Å². The number of ether oxygens (including phenoxy) is 2. The molecule has 6 nitrogen and oxygen atoms in total. The summed E-state index contributed by atoms with van der Waals surface area (Å²) in [7, 11) is 0. The molecular formula is C23H26F3N3O3. The van der Waals surface area contributed by atoms with Gasteiger partial charge in [-0.1, -0.05) is 25.1 Å². The highest BCUT2D eigenvalue weighted by molar-refractivity contribution is 5.84. The Morgan fingerprint density at radius 3 is 2.69 bits per heavy atom. The number of hydrogen-bond acceptors (Lipinski definition) is 5. The van der Waals surface area contributed by atoms with Crippen molar-refractivity contribution in [3.05, 3.63) is 47.2 Å². The molecule has 0 spiro atoms. The zero-order valence-corrected chi connectivity index (χ0v) is 18.0. The van der Waals surface area contributed by atoms with Gasteiger partial charge in [0.05, 0.1) is 5.92 Å². The van der Waals surface area contributed by atoms with Gasteiger partial charge >= 0.3 is 6.18 Å². The molecule has 1 aromatic carbocycles. The van der Waals surface area contributed by atoms with Crippen molar-refractivity contribution < 1.29 is 27.4 Å². The Morgan fingerprint density at radius 2 is 1.97 bits per heavy atom. The third kappa shape index (κ3) is 4.61. The van der Waals surface area contributed by atoms with Crippen LogP contribution in [0.15, 0.2) is 30.3 Å². The van der Waals surface area contributed by atoms with Crippen LogP contribution >= 0.6 is 0 Å². The van der Waals surface area contributed by atoms with E-state index in [0.717, 1.165) is 18.9 Å². The van der Waals surface area contributed by atoms with Crippen LogP contribution in [0, 0.1) is 5.92 Å². The van der Waals surface area contributed by atoms with Gasteiger partial charge in [-0.2, -0.15) is 13.2 Å². The van der Waals surface area contributed by atoms with Crippen molar-refractivity contribution in [1.82, 2.24) is 10.3 Å². The number of pyridine rings is 1. The molecule has 172 valence electrons. The Hall–Kier alpha value is -2.97. The number of amides is 1. The molecule has 2 aliphatic heterocycles. The van der Waals surface area contributed by atoms with Gasteiger partial charge < -0.3 is 19.7 Å². The number of carbonyl (C=O) groups excluding carboxylic acids is 1. The first kappa shape index (κ1) is 22.2. The summed E-state index contributed by atoms with van der Waals surface area (Å²) in [6.45, 7) is 5.36. The van der Waals surface area contributed by atoms with Crippen LogP contribution in [0.2, 0.25) is 0 Å². The number of nitrogens with zero attached hydrogens (tertiary/aromatic N) is 2. The molecule has 1 unspecified atom stereocenters. The standard InChI is InChI=1S/C23H26F3N3O3/c1-14-8-10-29(11-9-14)21-16(6-7-19(28-21)23(24,25)26)12-27-22(30)15(2)17-4-3-5-18-20(17)32-13-31-18/h3-7,14-15H,8-13H2,1-2H3,(H,27,30). The molecule has 0 radical (unpaired) electrons. The fourth-order valence-corrected chi connectivity index (χ4v) is 4.04. The van der Waals surface area contributed by atoms with E-state index in [9.17, 15) is 18.0 Å². The highest BCUT2D eigenvalue weighted by Gasteiger charge is 2.34. The highest BCUT2D eigenvalue weighted by Crippen LogP contribution is 2.39. The van der Waals surface area contributed by atoms with Crippen molar-refractivity contribution in [2.24, 2.45) is 5.92 Å². The lowest BCUT2D eigenvalue weighted by Crippen LogP contribution is -2.35. The number of anilines is 1. The van der Waals surface area contributed by atoms with E-state index in [1.54, 1.807) is 25.1 Å². The summed E-state index contributed by atoms with van der Waals surface area (Å²) in [6, 6.07) is 7.75. The maximum absolute atomic E-state index is 13.3. The second kappa shape index (κ2) is 8.88. The van der Waals surface area contributed by atoms with Gasteiger partial charge in [0.15, 0.2) is 11.5 Å². The van der Waals surface area contributed by atoms with E-state index in [1.165, 1.54) is 6.07 Å². The number of nitrogens with one attached hydrogen (secondary N) is 1. The van der Waals surface area contributed by atoms with E-state index in [4.69, 9.17) is 9.47 Å². The molecule has 4 rings (SSSR count). The maximum atomic E-state index is 13.3. The molecule has 1 fully saturated rings. The highest BCUT2D eigenvalue weighted by atomic mass is 19.4. The van der Waals surface area contributed by atoms with Gasteiger partial charge in [0.25, 0.3) is 0 Å². The third-order valence-corrected chi connectivity index (χ3v) is 6.07. The zero-order chi connectivity index (χ0) is 22.9. The molecule has 3 heterocycles. The molecular weight excluding hydrogens is 423 g/mol. The number of carbonyl (C=O) groups is 1. The molecule has 1 atom stereocenters. The molecule has 1 aromatic heterocycles.